The number of nitrogens with one attached hydrogen (secondary N) is 1. The number of morpholine rings is 1. The topological polar surface area (TPSA) is 74.8 Å². The Morgan fingerprint density at radius 2 is 1.90 bits per heavy atom. The van der Waals surface area contributed by atoms with E-state index in [1.54, 1.807) is 0 Å². The zero-order chi connectivity index (χ0) is 21.5. The van der Waals surface area contributed by atoms with Crippen LogP contribution in [0.15, 0.2) is 0 Å². The molecular weight excluding hydrogens is 432 g/mol. The number of anilines is 2. The molecule has 2 aromatic rings. The fraction of sp³-hybridized carbons (Fsp3) is 0.591. The van der Waals surface area contributed by atoms with E-state index in [1.165, 1.54) is 22.6 Å². The zero-order valence-corrected chi connectivity index (χ0v) is 19.7. The maximum atomic E-state index is 13.1. The number of ether oxygens (including phenoxy) is 1. The number of amides is 2. The maximum absolute atomic E-state index is 13.1. The monoisotopic (exact) mass is 458 g/mol. The van der Waals surface area contributed by atoms with Crippen molar-refractivity contribution in [2.24, 2.45) is 0 Å². The van der Waals surface area contributed by atoms with Crippen LogP contribution in [-0.4, -0.2) is 53.5 Å². The van der Waals surface area contributed by atoms with Crippen LogP contribution < -0.4 is 15.1 Å². The molecule has 0 unspecified atom stereocenters. The number of carbonyl (C=O) groups excluding carboxylic acids is 2. The highest BCUT2D eigenvalue weighted by molar-refractivity contribution is 7.99. The molecule has 6 rings (SSSR count). The number of carbonyl (C=O) groups is 2. The van der Waals surface area contributed by atoms with Crippen molar-refractivity contribution in [2.45, 2.75) is 56.2 Å². The molecule has 4 aliphatic rings. The van der Waals surface area contributed by atoms with Gasteiger partial charge in [-0.3, -0.25) is 14.5 Å². The molecule has 1 N–H and O–H groups in total. The van der Waals surface area contributed by atoms with E-state index in [4.69, 9.17) is 9.72 Å². The number of thiophene rings is 1. The van der Waals surface area contributed by atoms with Crippen molar-refractivity contribution in [3.05, 3.63) is 16.1 Å². The van der Waals surface area contributed by atoms with Gasteiger partial charge in [-0.25, -0.2) is 4.98 Å². The molecule has 2 aromatic heterocycles. The quantitative estimate of drug-likeness (QED) is 0.707. The predicted molar refractivity (Wildman–Crippen MR) is 124 cm³/mol. The van der Waals surface area contributed by atoms with Gasteiger partial charge in [-0.1, -0.05) is 13.8 Å². The number of rotatable bonds is 1. The summed E-state index contributed by atoms with van der Waals surface area (Å²) in [6, 6.07) is 0. The summed E-state index contributed by atoms with van der Waals surface area (Å²) < 4.78 is 6.80. The van der Waals surface area contributed by atoms with Crippen molar-refractivity contribution in [1.29, 1.82) is 0 Å². The average molecular weight is 459 g/mol. The fourth-order valence-electron chi connectivity index (χ4n) is 5.32. The molecule has 0 spiro atoms. The summed E-state index contributed by atoms with van der Waals surface area (Å²) in [6.45, 7) is 9.57. The highest BCUT2D eigenvalue weighted by atomic mass is 32.2. The molecule has 2 amide bonds. The molecule has 1 atom stereocenters. The summed E-state index contributed by atoms with van der Waals surface area (Å²) in [5, 5.41) is 3.09. The summed E-state index contributed by atoms with van der Waals surface area (Å²) in [5.74, 6) is 0.816. The van der Waals surface area contributed by atoms with Gasteiger partial charge >= 0.3 is 0 Å². The van der Waals surface area contributed by atoms with Gasteiger partial charge in [-0.05, 0) is 19.8 Å². The van der Waals surface area contributed by atoms with Gasteiger partial charge < -0.3 is 15.0 Å². The second-order valence-corrected chi connectivity index (χ2v) is 12.3. The molecular formula is C22H26N4O3S2. The number of thioether (sulfide) groups is 1. The van der Waals surface area contributed by atoms with E-state index >= 15 is 0 Å². The Hall–Kier alpha value is -1.84. The van der Waals surface area contributed by atoms with Crippen molar-refractivity contribution in [2.75, 3.05) is 36.1 Å². The molecule has 0 aromatic carbocycles. The normalized spacial score (nSPS) is 27.2. The number of nitrogens with zero attached hydrogens (tertiary/aromatic N) is 3. The summed E-state index contributed by atoms with van der Waals surface area (Å²) in [6.07, 6.45) is 2.01. The van der Waals surface area contributed by atoms with Crippen LogP contribution in [0.2, 0.25) is 0 Å². The van der Waals surface area contributed by atoms with Crippen molar-refractivity contribution < 1.29 is 14.3 Å². The Morgan fingerprint density at radius 3 is 2.68 bits per heavy atom. The van der Waals surface area contributed by atoms with Crippen LogP contribution in [0.4, 0.5) is 11.4 Å². The molecule has 4 aliphatic heterocycles. The van der Waals surface area contributed by atoms with E-state index in [0.29, 0.717) is 30.9 Å². The molecule has 31 heavy (non-hydrogen) atoms. The first-order valence-electron chi connectivity index (χ1n) is 10.9. The van der Waals surface area contributed by atoms with Gasteiger partial charge in [0.15, 0.2) is 0 Å². The van der Waals surface area contributed by atoms with Crippen LogP contribution in [0.5, 0.6) is 0 Å². The highest BCUT2D eigenvalue weighted by Crippen LogP contribution is 2.52. The van der Waals surface area contributed by atoms with E-state index in [-0.39, 0.29) is 16.6 Å². The van der Waals surface area contributed by atoms with Gasteiger partial charge in [-0.2, -0.15) is 0 Å². The Balaban J connectivity index is 1.65. The largest absolute Gasteiger partial charge is 0.378 e. The lowest BCUT2D eigenvalue weighted by Gasteiger charge is -2.39. The van der Waals surface area contributed by atoms with Crippen molar-refractivity contribution in [3.8, 4) is 0 Å². The standard InChI is InChI=1S/C22H26N4O3S2/c1-21(2)10-12-13(11-30-21)23-15-17-19(20(28)24-22(3)5-4-14(27)26(17)22)31-18(15)16(12)25-6-8-29-9-7-25/h4-11H2,1-3H3,(H,24,28)/t22-/m0/s1. The van der Waals surface area contributed by atoms with Crippen LogP contribution in [0.3, 0.4) is 0 Å². The van der Waals surface area contributed by atoms with Crippen LogP contribution in [0, 0.1) is 0 Å². The summed E-state index contributed by atoms with van der Waals surface area (Å²) >= 11 is 3.42. The molecule has 2 saturated heterocycles. The van der Waals surface area contributed by atoms with Gasteiger partial charge in [0.05, 0.1) is 35.0 Å². The van der Waals surface area contributed by atoms with Crippen LogP contribution >= 0.6 is 23.1 Å². The fourth-order valence-corrected chi connectivity index (χ4v) is 7.56. The van der Waals surface area contributed by atoms with Gasteiger partial charge in [0, 0.05) is 35.6 Å². The first-order valence-corrected chi connectivity index (χ1v) is 12.7. The third kappa shape index (κ3) is 2.85. The third-order valence-electron chi connectivity index (χ3n) is 6.87. The van der Waals surface area contributed by atoms with Crippen LogP contribution in [0.25, 0.3) is 10.2 Å². The minimum absolute atomic E-state index is 0.0615. The minimum Gasteiger partial charge on any atom is -0.378 e. The Bertz CT molecular complexity index is 1140. The number of aromatic nitrogens is 1. The Labute approximate surface area is 189 Å². The lowest BCUT2D eigenvalue weighted by Crippen LogP contribution is -2.59. The molecule has 7 nitrogen and oxygen atoms in total. The second-order valence-electron chi connectivity index (χ2n) is 9.62. The molecule has 9 heteroatoms. The summed E-state index contributed by atoms with van der Waals surface area (Å²) in [4.78, 5) is 36.0. The lowest BCUT2D eigenvalue weighted by molar-refractivity contribution is -0.117. The van der Waals surface area contributed by atoms with Crippen molar-refractivity contribution in [1.82, 2.24) is 10.3 Å². The van der Waals surface area contributed by atoms with E-state index in [9.17, 15) is 9.59 Å². The summed E-state index contributed by atoms with van der Waals surface area (Å²) in [5.41, 5.74) is 4.48. The third-order valence-corrected chi connectivity index (χ3v) is 9.38. The Kier molecular flexibility index (Phi) is 4.21. The number of hydrogen-bond donors (Lipinski definition) is 1. The molecule has 0 aliphatic carbocycles. The maximum Gasteiger partial charge on any atom is 0.265 e. The smallest absolute Gasteiger partial charge is 0.265 e. The predicted octanol–water partition coefficient (Wildman–Crippen LogP) is 3.29. The van der Waals surface area contributed by atoms with E-state index in [1.807, 2.05) is 23.6 Å². The Morgan fingerprint density at radius 1 is 1.13 bits per heavy atom. The molecule has 164 valence electrons. The van der Waals surface area contributed by atoms with Gasteiger partial charge in [-0.15, -0.1) is 23.1 Å². The molecule has 0 radical (unpaired) electrons. The van der Waals surface area contributed by atoms with Crippen molar-refractivity contribution >= 4 is 56.5 Å². The number of pyridine rings is 1. The van der Waals surface area contributed by atoms with Crippen LogP contribution in [0.1, 0.15) is 54.5 Å². The van der Waals surface area contributed by atoms with Crippen molar-refractivity contribution in [3.63, 3.8) is 0 Å². The van der Waals surface area contributed by atoms with E-state index < -0.39 is 5.66 Å². The SMILES string of the molecule is CC1(C)Cc2c(nc3c4c(sc3c2N2CCOCC2)C(=O)N[C@]2(C)CCC(=O)N42)CS1. The van der Waals surface area contributed by atoms with Crippen LogP contribution in [-0.2, 0) is 21.7 Å². The van der Waals surface area contributed by atoms with Gasteiger partial charge in [0.1, 0.15) is 16.1 Å². The number of hydrogen-bond acceptors (Lipinski definition) is 7. The minimum atomic E-state index is -0.664. The zero-order valence-electron chi connectivity index (χ0n) is 18.0. The van der Waals surface area contributed by atoms with E-state index in [0.717, 1.165) is 46.9 Å². The number of fused-ring (bicyclic) bond motifs is 6. The van der Waals surface area contributed by atoms with Gasteiger partial charge in [0.2, 0.25) is 5.91 Å². The molecule has 6 heterocycles. The lowest BCUT2D eigenvalue weighted by atomic mass is 9.97. The molecule has 0 saturated carbocycles. The van der Waals surface area contributed by atoms with Gasteiger partial charge in [0.25, 0.3) is 5.91 Å². The van der Waals surface area contributed by atoms with E-state index in [2.05, 4.69) is 24.1 Å². The molecule has 0 bridgehead atoms. The average Bonchev–Trinajstić information content (AvgIpc) is 3.23. The highest BCUT2D eigenvalue weighted by Gasteiger charge is 2.50. The summed E-state index contributed by atoms with van der Waals surface area (Å²) in [7, 11) is 0. The second kappa shape index (κ2) is 6.59. The first kappa shape index (κ1) is 19.8. The molecule has 2 fully saturated rings. The first-order chi connectivity index (χ1) is 14.8.